The number of benzene rings is 2. The molecule has 1 aliphatic heterocycles. The highest BCUT2D eigenvalue weighted by Crippen LogP contribution is 2.34. The Morgan fingerprint density at radius 2 is 1.95 bits per heavy atom. The Morgan fingerprint density at radius 3 is 2.67 bits per heavy atom. The zero-order valence-electron chi connectivity index (χ0n) is 22.4. The number of nitrogens with one attached hydrogen (secondary N) is 1. The molecular weight excluding hydrogens is 568 g/mol. The highest BCUT2D eigenvalue weighted by molar-refractivity contribution is 9.10. The molecule has 0 saturated carbocycles. The topological polar surface area (TPSA) is 71.5 Å². The number of likely N-dealkylation sites (tertiary alicyclic amines) is 1. The first-order valence-electron chi connectivity index (χ1n) is 12.8. The highest BCUT2D eigenvalue weighted by Gasteiger charge is 2.45. The second kappa shape index (κ2) is 11.4. The van der Waals surface area contributed by atoms with Crippen molar-refractivity contribution < 1.29 is 23.1 Å². The normalized spacial score (nSPS) is 17.4. The van der Waals surface area contributed by atoms with Gasteiger partial charge in [-0.05, 0) is 63.6 Å². The maximum Gasteiger partial charge on any atom is 0.410 e. The lowest BCUT2D eigenvalue weighted by Gasteiger charge is -2.38. The summed E-state index contributed by atoms with van der Waals surface area (Å²) in [7, 11) is 0. The summed E-state index contributed by atoms with van der Waals surface area (Å²) >= 11 is 3.44. The molecule has 2 heterocycles. The van der Waals surface area contributed by atoms with E-state index in [2.05, 4.69) is 26.2 Å². The van der Waals surface area contributed by atoms with Crippen LogP contribution in [0.25, 0.3) is 23.1 Å². The summed E-state index contributed by atoms with van der Waals surface area (Å²) in [5.41, 5.74) is 2.88. The van der Waals surface area contributed by atoms with E-state index in [0.717, 1.165) is 15.6 Å². The maximum atomic E-state index is 14.8. The molecule has 2 amide bonds. The van der Waals surface area contributed by atoms with Gasteiger partial charge in [0, 0.05) is 35.9 Å². The third-order valence-electron chi connectivity index (χ3n) is 6.44. The standard InChI is InChI=1S/C30H32BrF2N3O3/c1-19-6-5-7-20(14-19)8-10-23-16-25(24-15-22(31)9-11-26(24)35-23)27(37)34-17-21-18-36(13-12-30(21,32)33)28(38)39-29(2,3)4/h5-11,14-16,21H,12-13,17-18H2,1-4H3,(H,34,37)/b10-8+. The van der Waals surface area contributed by atoms with Crippen LogP contribution in [-0.4, -0.2) is 53.0 Å². The molecule has 0 radical (unpaired) electrons. The molecule has 4 rings (SSSR count). The summed E-state index contributed by atoms with van der Waals surface area (Å²) < 4.78 is 35.7. The van der Waals surface area contributed by atoms with Gasteiger partial charge in [-0.2, -0.15) is 0 Å². The molecular formula is C30H32BrF2N3O3. The average Bonchev–Trinajstić information content (AvgIpc) is 2.85. The lowest BCUT2D eigenvalue weighted by Crippen LogP contribution is -2.53. The van der Waals surface area contributed by atoms with E-state index in [9.17, 15) is 18.4 Å². The van der Waals surface area contributed by atoms with Crippen molar-refractivity contribution in [2.75, 3.05) is 19.6 Å². The predicted octanol–water partition coefficient (Wildman–Crippen LogP) is 7.10. The van der Waals surface area contributed by atoms with Gasteiger partial charge < -0.3 is 15.0 Å². The van der Waals surface area contributed by atoms with Gasteiger partial charge in [-0.3, -0.25) is 4.79 Å². The van der Waals surface area contributed by atoms with Crippen molar-refractivity contribution >= 4 is 51.0 Å². The Kier molecular flexibility index (Phi) is 8.39. The van der Waals surface area contributed by atoms with Gasteiger partial charge in [0.15, 0.2) is 0 Å². The first-order valence-corrected chi connectivity index (χ1v) is 13.6. The average molecular weight is 601 g/mol. The molecule has 1 aromatic heterocycles. The number of hydrogen-bond donors (Lipinski definition) is 1. The fourth-order valence-corrected chi connectivity index (χ4v) is 4.80. The first-order chi connectivity index (χ1) is 18.3. The van der Waals surface area contributed by atoms with Gasteiger partial charge in [-0.1, -0.05) is 51.8 Å². The minimum atomic E-state index is -3.03. The molecule has 0 aliphatic carbocycles. The molecule has 0 spiro atoms. The monoisotopic (exact) mass is 599 g/mol. The van der Waals surface area contributed by atoms with E-state index in [1.165, 1.54) is 4.90 Å². The first kappa shape index (κ1) is 28.7. The molecule has 1 unspecified atom stereocenters. The Morgan fingerprint density at radius 1 is 1.18 bits per heavy atom. The van der Waals surface area contributed by atoms with Crippen molar-refractivity contribution in [1.82, 2.24) is 15.2 Å². The molecule has 3 aromatic rings. The fraction of sp³-hybridized carbons (Fsp3) is 0.367. The van der Waals surface area contributed by atoms with E-state index in [4.69, 9.17) is 4.74 Å². The number of pyridine rings is 1. The van der Waals surface area contributed by atoms with Crippen LogP contribution in [-0.2, 0) is 4.74 Å². The number of alkyl halides is 2. The summed E-state index contributed by atoms with van der Waals surface area (Å²) in [5, 5.41) is 3.28. The van der Waals surface area contributed by atoms with Crippen molar-refractivity contribution in [2.24, 2.45) is 5.92 Å². The van der Waals surface area contributed by atoms with Crippen LogP contribution >= 0.6 is 15.9 Å². The SMILES string of the molecule is Cc1cccc(/C=C/c2cc(C(=O)NCC3CN(C(=O)OC(C)(C)C)CCC3(F)F)c3cc(Br)ccc3n2)c1. The lowest BCUT2D eigenvalue weighted by atomic mass is 9.93. The van der Waals surface area contributed by atoms with Crippen LogP contribution in [0.5, 0.6) is 0 Å². The number of rotatable bonds is 5. The van der Waals surface area contributed by atoms with Gasteiger partial charge >= 0.3 is 6.09 Å². The number of aryl methyl sites for hydroxylation is 1. The second-order valence-corrected chi connectivity index (χ2v) is 11.8. The predicted molar refractivity (Wildman–Crippen MR) is 153 cm³/mol. The number of carbonyl (C=O) groups is 2. The van der Waals surface area contributed by atoms with E-state index in [1.807, 2.05) is 49.4 Å². The summed E-state index contributed by atoms with van der Waals surface area (Å²) in [6.45, 7) is 6.57. The quantitative estimate of drug-likeness (QED) is 0.339. The Hall–Kier alpha value is -3.33. The van der Waals surface area contributed by atoms with Crippen LogP contribution < -0.4 is 5.32 Å². The lowest BCUT2D eigenvalue weighted by molar-refractivity contribution is -0.103. The number of aromatic nitrogens is 1. The second-order valence-electron chi connectivity index (χ2n) is 10.8. The largest absolute Gasteiger partial charge is 0.444 e. The summed E-state index contributed by atoms with van der Waals surface area (Å²) in [6, 6.07) is 15.0. The summed E-state index contributed by atoms with van der Waals surface area (Å²) in [4.78, 5) is 31.8. The molecule has 39 heavy (non-hydrogen) atoms. The van der Waals surface area contributed by atoms with Gasteiger partial charge in [0.05, 0.1) is 22.7 Å². The minimum Gasteiger partial charge on any atom is -0.444 e. The zero-order chi connectivity index (χ0) is 28.4. The number of ether oxygens (including phenoxy) is 1. The third-order valence-corrected chi connectivity index (χ3v) is 6.93. The van der Waals surface area contributed by atoms with Gasteiger partial charge in [-0.25, -0.2) is 18.6 Å². The maximum absolute atomic E-state index is 14.8. The Bertz CT molecular complexity index is 1420. The number of nitrogens with zero attached hydrogens (tertiary/aromatic N) is 2. The number of halogens is 3. The third kappa shape index (κ3) is 7.41. The van der Waals surface area contributed by atoms with E-state index >= 15 is 0 Å². The zero-order valence-corrected chi connectivity index (χ0v) is 24.0. The van der Waals surface area contributed by atoms with Crippen molar-refractivity contribution in [1.29, 1.82) is 0 Å². The number of carbonyl (C=O) groups excluding carboxylic acids is 2. The van der Waals surface area contributed by atoms with Crippen molar-refractivity contribution in [3.63, 3.8) is 0 Å². The number of amides is 2. The summed E-state index contributed by atoms with van der Waals surface area (Å²) in [5.74, 6) is -4.77. The molecule has 206 valence electrons. The van der Waals surface area contributed by atoms with Crippen LogP contribution in [0, 0.1) is 12.8 Å². The minimum absolute atomic E-state index is 0.105. The molecule has 1 saturated heterocycles. The van der Waals surface area contributed by atoms with Gasteiger partial charge in [0.25, 0.3) is 11.8 Å². The number of piperidine rings is 1. The molecule has 6 nitrogen and oxygen atoms in total. The molecule has 1 atom stereocenters. The Labute approximate surface area is 235 Å². The molecule has 2 aromatic carbocycles. The van der Waals surface area contributed by atoms with Crippen LogP contribution in [0.3, 0.4) is 0 Å². The van der Waals surface area contributed by atoms with Gasteiger partial charge in [0.1, 0.15) is 5.60 Å². The van der Waals surface area contributed by atoms with Crippen LogP contribution in [0.4, 0.5) is 13.6 Å². The van der Waals surface area contributed by atoms with E-state index in [0.29, 0.717) is 22.2 Å². The molecule has 1 N–H and O–H groups in total. The van der Waals surface area contributed by atoms with Crippen molar-refractivity contribution in [3.8, 4) is 0 Å². The van der Waals surface area contributed by atoms with E-state index in [1.54, 1.807) is 39.0 Å². The summed E-state index contributed by atoms with van der Waals surface area (Å²) in [6.07, 6.45) is 2.60. The van der Waals surface area contributed by atoms with Crippen molar-refractivity contribution in [3.05, 3.63) is 75.4 Å². The van der Waals surface area contributed by atoms with Crippen LogP contribution in [0.2, 0.25) is 0 Å². The van der Waals surface area contributed by atoms with E-state index < -0.39 is 35.9 Å². The van der Waals surface area contributed by atoms with Gasteiger partial charge in [0.2, 0.25) is 0 Å². The Balaban J connectivity index is 1.56. The highest BCUT2D eigenvalue weighted by atomic mass is 79.9. The van der Waals surface area contributed by atoms with Crippen LogP contribution in [0.15, 0.2) is 53.0 Å². The molecule has 9 heteroatoms. The molecule has 0 bridgehead atoms. The van der Waals surface area contributed by atoms with E-state index in [-0.39, 0.29) is 19.6 Å². The number of hydrogen-bond acceptors (Lipinski definition) is 4. The molecule has 1 aliphatic rings. The van der Waals surface area contributed by atoms with Crippen LogP contribution in [0.1, 0.15) is 54.4 Å². The fourth-order valence-electron chi connectivity index (χ4n) is 4.44. The smallest absolute Gasteiger partial charge is 0.410 e. The number of fused-ring (bicyclic) bond motifs is 1. The molecule has 1 fully saturated rings. The van der Waals surface area contributed by atoms with Gasteiger partial charge in [-0.15, -0.1) is 0 Å². The van der Waals surface area contributed by atoms with Crippen molar-refractivity contribution in [2.45, 2.75) is 45.6 Å².